The summed E-state index contributed by atoms with van der Waals surface area (Å²) < 4.78 is 0. The molecule has 0 aliphatic carbocycles. The van der Waals surface area contributed by atoms with Crippen molar-refractivity contribution in [2.75, 3.05) is 6.54 Å². The first-order chi connectivity index (χ1) is 14.0. The summed E-state index contributed by atoms with van der Waals surface area (Å²) in [5.41, 5.74) is 5.46. The third kappa shape index (κ3) is 16.8. The second kappa shape index (κ2) is 16.7. The van der Waals surface area contributed by atoms with Crippen LogP contribution in [0.1, 0.15) is 84.6 Å². The molecular formula is C28H47NO. The molecule has 0 fully saturated rings. The maximum absolute atomic E-state index is 11.8. The SMILES string of the molecule is CC.CC.CC(=O)N(CCc1ccc(C)cc1)Cc1ccc(C)cc1.CC(C)(C)C. The minimum Gasteiger partial charge on any atom is -0.338 e. The zero-order valence-electron chi connectivity index (χ0n) is 21.6. The highest BCUT2D eigenvalue weighted by Crippen LogP contribution is 2.10. The normalized spacial score (nSPS) is 9.70. The van der Waals surface area contributed by atoms with Crippen molar-refractivity contribution in [1.29, 1.82) is 0 Å². The lowest BCUT2D eigenvalue weighted by Gasteiger charge is -2.21. The van der Waals surface area contributed by atoms with Gasteiger partial charge in [-0.15, -0.1) is 0 Å². The second-order valence-electron chi connectivity index (χ2n) is 8.66. The van der Waals surface area contributed by atoms with E-state index in [2.05, 4.69) is 90.1 Å². The highest BCUT2D eigenvalue weighted by atomic mass is 16.2. The molecule has 0 N–H and O–H groups in total. The molecule has 0 aliphatic heterocycles. The summed E-state index contributed by atoms with van der Waals surface area (Å²) in [6.45, 7) is 24.0. The predicted octanol–water partition coefficient (Wildman–Crippen LogP) is 8.00. The van der Waals surface area contributed by atoms with Crippen LogP contribution in [0.25, 0.3) is 0 Å². The van der Waals surface area contributed by atoms with Crippen LogP contribution in [0.3, 0.4) is 0 Å². The summed E-state index contributed by atoms with van der Waals surface area (Å²) in [6.07, 6.45) is 0.895. The second-order valence-corrected chi connectivity index (χ2v) is 8.66. The van der Waals surface area contributed by atoms with Gasteiger partial charge in [0.1, 0.15) is 0 Å². The molecule has 0 saturated heterocycles. The lowest BCUT2D eigenvalue weighted by molar-refractivity contribution is -0.129. The highest BCUT2D eigenvalue weighted by molar-refractivity contribution is 5.73. The Balaban J connectivity index is 0. The number of carbonyl (C=O) groups excluding carboxylic acids is 1. The molecule has 2 rings (SSSR count). The average molecular weight is 414 g/mol. The molecule has 0 aliphatic rings. The van der Waals surface area contributed by atoms with Gasteiger partial charge in [-0.1, -0.05) is 115 Å². The number of aryl methyl sites for hydroxylation is 2. The van der Waals surface area contributed by atoms with Crippen LogP contribution in [0.15, 0.2) is 48.5 Å². The third-order valence-corrected chi connectivity index (χ3v) is 3.73. The van der Waals surface area contributed by atoms with E-state index in [9.17, 15) is 4.79 Å². The van der Waals surface area contributed by atoms with Gasteiger partial charge in [-0.05, 0) is 36.8 Å². The molecule has 0 heterocycles. The fourth-order valence-electron chi connectivity index (χ4n) is 2.28. The highest BCUT2D eigenvalue weighted by Gasteiger charge is 2.09. The van der Waals surface area contributed by atoms with Gasteiger partial charge < -0.3 is 4.90 Å². The molecule has 2 aromatic carbocycles. The summed E-state index contributed by atoms with van der Waals surface area (Å²) >= 11 is 0. The Morgan fingerprint density at radius 3 is 1.40 bits per heavy atom. The van der Waals surface area contributed by atoms with Gasteiger partial charge in [-0.3, -0.25) is 4.79 Å². The number of carbonyl (C=O) groups is 1. The predicted molar refractivity (Wildman–Crippen MR) is 135 cm³/mol. The van der Waals surface area contributed by atoms with E-state index in [1.165, 1.54) is 22.3 Å². The molecule has 30 heavy (non-hydrogen) atoms. The Morgan fingerprint density at radius 1 is 0.733 bits per heavy atom. The Hall–Kier alpha value is -2.09. The summed E-state index contributed by atoms with van der Waals surface area (Å²) in [5.74, 6) is 0.127. The first-order valence-corrected chi connectivity index (χ1v) is 11.4. The van der Waals surface area contributed by atoms with Crippen molar-refractivity contribution >= 4 is 5.91 Å². The van der Waals surface area contributed by atoms with E-state index < -0.39 is 0 Å². The number of hydrogen-bond acceptors (Lipinski definition) is 1. The summed E-state index contributed by atoms with van der Waals surface area (Å²) in [7, 11) is 0. The molecule has 0 atom stereocenters. The van der Waals surface area contributed by atoms with Crippen LogP contribution in [-0.2, 0) is 17.8 Å². The number of hydrogen-bond donors (Lipinski definition) is 0. The number of rotatable bonds is 5. The van der Waals surface area contributed by atoms with Crippen LogP contribution in [0.5, 0.6) is 0 Å². The van der Waals surface area contributed by atoms with Crippen molar-refractivity contribution in [2.24, 2.45) is 5.41 Å². The van der Waals surface area contributed by atoms with Gasteiger partial charge in [-0.2, -0.15) is 0 Å². The topological polar surface area (TPSA) is 20.3 Å². The molecule has 0 spiro atoms. The van der Waals surface area contributed by atoms with Gasteiger partial charge in [0.15, 0.2) is 0 Å². The Labute approximate surface area is 187 Å². The largest absolute Gasteiger partial charge is 0.338 e. The zero-order chi connectivity index (χ0) is 23.7. The Bertz CT molecular complexity index is 657. The molecule has 0 bridgehead atoms. The number of nitrogens with zero attached hydrogens (tertiary/aromatic N) is 1. The third-order valence-electron chi connectivity index (χ3n) is 3.73. The van der Waals surface area contributed by atoms with E-state index >= 15 is 0 Å². The van der Waals surface area contributed by atoms with E-state index in [0.29, 0.717) is 12.0 Å². The Kier molecular flexibility index (Phi) is 16.7. The maximum atomic E-state index is 11.8. The standard InChI is InChI=1S/C19H23NO.C5H12.2C2H6/c1-15-4-8-18(9-5-15)12-13-20(17(3)21)14-19-10-6-16(2)7-11-19;1-5(2,3)4;2*1-2/h4-11H,12-14H2,1-3H3;1-4H3;2*1-2H3. The molecule has 2 heteroatoms. The van der Waals surface area contributed by atoms with Crippen molar-refractivity contribution in [2.45, 2.75) is 89.1 Å². The van der Waals surface area contributed by atoms with Crippen molar-refractivity contribution < 1.29 is 4.79 Å². The van der Waals surface area contributed by atoms with Gasteiger partial charge in [-0.25, -0.2) is 0 Å². The van der Waals surface area contributed by atoms with Crippen LogP contribution in [0.4, 0.5) is 0 Å². The van der Waals surface area contributed by atoms with Gasteiger partial charge in [0.2, 0.25) is 5.91 Å². The number of benzene rings is 2. The van der Waals surface area contributed by atoms with Crippen molar-refractivity contribution in [3.63, 3.8) is 0 Å². The number of amides is 1. The first kappa shape index (κ1) is 30.1. The van der Waals surface area contributed by atoms with Gasteiger partial charge in [0.25, 0.3) is 0 Å². The summed E-state index contributed by atoms with van der Waals surface area (Å²) in [6, 6.07) is 16.9. The smallest absolute Gasteiger partial charge is 0.219 e. The lowest BCUT2D eigenvalue weighted by Crippen LogP contribution is -2.30. The summed E-state index contributed by atoms with van der Waals surface area (Å²) in [4.78, 5) is 13.7. The van der Waals surface area contributed by atoms with E-state index in [-0.39, 0.29) is 5.91 Å². The van der Waals surface area contributed by atoms with E-state index in [4.69, 9.17) is 0 Å². The minimum atomic E-state index is 0.127. The van der Waals surface area contributed by atoms with Crippen LogP contribution >= 0.6 is 0 Å². The van der Waals surface area contributed by atoms with Crippen LogP contribution in [0, 0.1) is 19.3 Å². The lowest BCUT2D eigenvalue weighted by atomic mass is 10.0. The molecule has 2 nitrogen and oxygen atoms in total. The van der Waals surface area contributed by atoms with Crippen LogP contribution in [0.2, 0.25) is 0 Å². The molecule has 0 unspecified atom stereocenters. The quantitative estimate of drug-likeness (QED) is 0.486. The van der Waals surface area contributed by atoms with Crippen molar-refractivity contribution in [1.82, 2.24) is 4.90 Å². The maximum Gasteiger partial charge on any atom is 0.219 e. The van der Waals surface area contributed by atoms with Crippen molar-refractivity contribution in [3.05, 3.63) is 70.8 Å². The van der Waals surface area contributed by atoms with Gasteiger partial charge in [0, 0.05) is 20.0 Å². The fraction of sp³-hybridized carbons (Fsp3) is 0.536. The van der Waals surface area contributed by atoms with Gasteiger partial charge in [0.05, 0.1) is 0 Å². The van der Waals surface area contributed by atoms with Crippen molar-refractivity contribution in [3.8, 4) is 0 Å². The molecule has 0 saturated carbocycles. The fourth-order valence-corrected chi connectivity index (χ4v) is 2.28. The molecule has 0 aromatic heterocycles. The summed E-state index contributed by atoms with van der Waals surface area (Å²) in [5, 5.41) is 0. The monoisotopic (exact) mass is 413 g/mol. The zero-order valence-corrected chi connectivity index (χ0v) is 21.6. The van der Waals surface area contributed by atoms with E-state index in [1.807, 2.05) is 32.6 Å². The van der Waals surface area contributed by atoms with E-state index in [1.54, 1.807) is 6.92 Å². The molecular weight excluding hydrogens is 366 g/mol. The molecule has 1 amide bonds. The minimum absolute atomic E-state index is 0.127. The molecule has 0 radical (unpaired) electrons. The Morgan fingerprint density at radius 2 is 1.07 bits per heavy atom. The van der Waals surface area contributed by atoms with Crippen LogP contribution in [-0.4, -0.2) is 17.4 Å². The average Bonchev–Trinajstić information content (AvgIpc) is 2.69. The van der Waals surface area contributed by atoms with Gasteiger partial charge >= 0.3 is 0 Å². The molecule has 170 valence electrons. The van der Waals surface area contributed by atoms with Crippen LogP contribution < -0.4 is 0 Å². The van der Waals surface area contributed by atoms with E-state index in [0.717, 1.165) is 13.0 Å². The molecule has 2 aromatic rings. The first-order valence-electron chi connectivity index (χ1n) is 11.4.